The number of nitrogens with zero attached hydrogens (tertiary/aromatic N) is 1. The number of halogens is 2. The maximum absolute atomic E-state index is 11.8. The molecule has 0 aromatic heterocycles. The molecule has 18 heavy (non-hydrogen) atoms. The standard InChI is InChI=1S/C10H9Cl2NO3S.H3N/c1-6(2)13-17(15,16)9-5-7(10(12)14)3-4-8(9)11;/h3-5H,1-2H3;1H3. The predicted molar refractivity (Wildman–Crippen MR) is 72.6 cm³/mol. The van der Waals surface area contributed by atoms with Crippen LogP contribution in [0.3, 0.4) is 0 Å². The van der Waals surface area contributed by atoms with E-state index in [1.807, 2.05) is 0 Å². The second-order valence-electron chi connectivity index (χ2n) is 3.43. The molecular weight excluding hydrogens is 299 g/mol. The fourth-order valence-corrected chi connectivity index (χ4v) is 2.81. The monoisotopic (exact) mass is 310 g/mol. The van der Waals surface area contributed by atoms with Crippen LogP contribution in [0, 0.1) is 0 Å². The Bertz CT molecular complexity index is 593. The highest BCUT2D eigenvalue weighted by molar-refractivity contribution is 7.90. The summed E-state index contributed by atoms with van der Waals surface area (Å²) in [6.07, 6.45) is 0. The number of hydrogen-bond acceptors (Lipinski definition) is 4. The zero-order chi connectivity index (χ0) is 13.2. The molecule has 1 aromatic carbocycles. The van der Waals surface area contributed by atoms with Gasteiger partial charge in [-0.25, -0.2) is 0 Å². The number of benzene rings is 1. The van der Waals surface area contributed by atoms with Gasteiger partial charge in [-0.1, -0.05) is 11.6 Å². The van der Waals surface area contributed by atoms with Crippen LogP contribution in [-0.4, -0.2) is 19.4 Å². The number of sulfonamides is 1. The molecule has 100 valence electrons. The molecule has 0 aliphatic heterocycles. The molecule has 0 fully saturated rings. The number of carbonyl (C=O) groups excluding carboxylic acids is 1. The van der Waals surface area contributed by atoms with E-state index in [9.17, 15) is 13.2 Å². The molecule has 0 saturated heterocycles. The lowest BCUT2D eigenvalue weighted by molar-refractivity contribution is 0.108. The summed E-state index contributed by atoms with van der Waals surface area (Å²) in [5, 5.41) is -0.757. The first-order chi connectivity index (χ1) is 7.74. The fraction of sp³-hybridized carbons (Fsp3) is 0.200. The summed E-state index contributed by atoms with van der Waals surface area (Å²) in [5.41, 5.74) is 0.419. The maximum Gasteiger partial charge on any atom is 0.283 e. The van der Waals surface area contributed by atoms with Crippen molar-refractivity contribution in [2.24, 2.45) is 4.40 Å². The van der Waals surface area contributed by atoms with E-state index in [-0.39, 0.29) is 21.6 Å². The molecule has 0 radical (unpaired) electrons. The van der Waals surface area contributed by atoms with Crippen molar-refractivity contribution in [1.29, 1.82) is 0 Å². The minimum atomic E-state index is -3.90. The Kier molecular flexibility index (Phi) is 5.95. The van der Waals surface area contributed by atoms with Crippen LogP contribution in [0.1, 0.15) is 24.2 Å². The predicted octanol–water partition coefficient (Wildman–Crippen LogP) is 3.05. The van der Waals surface area contributed by atoms with E-state index in [1.165, 1.54) is 12.1 Å². The Morgan fingerprint density at radius 2 is 1.83 bits per heavy atom. The normalized spacial score (nSPS) is 10.4. The highest BCUT2D eigenvalue weighted by Crippen LogP contribution is 2.25. The average Bonchev–Trinajstić information content (AvgIpc) is 2.15. The van der Waals surface area contributed by atoms with Crippen LogP contribution in [0.2, 0.25) is 5.02 Å². The zero-order valence-electron chi connectivity index (χ0n) is 9.78. The maximum atomic E-state index is 11.8. The molecule has 0 saturated carbocycles. The summed E-state index contributed by atoms with van der Waals surface area (Å²) < 4.78 is 27.1. The largest absolute Gasteiger partial charge is 0.344 e. The summed E-state index contributed by atoms with van der Waals surface area (Å²) >= 11 is 11.0. The van der Waals surface area contributed by atoms with Crippen molar-refractivity contribution in [2.45, 2.75) is 18.7 Å². The van der Waals surface area contributed by atoms with Gasteiger partial charge in [0.05, 0.1) is 5.02 Å². The molecule has 0 aliphatic rings. The Morgan fingerprint density at radius 1 is 1.28 bits per heavy atom. The van der Waals surface area contributed by atoms with E-state index in [0.717, 1.165) is 6.07 Å². The smallest absolute Gasteiger partial charge is 0.283 e. The average molecular weight is 311 g/mol. The van der Waals surface area contributed by atoms with E-state index < -0.39 is 15.3 Å². The second kappa shape index (κ2) is 6.29. The van der Waals surface area contributed by atoms with E-state index in [1.54, 1.807) is 13.8 Å². The number of hydrogen-bond donors (Lipinski definition) is 1. The molecule has 0 heterocycles. The van der Waals surface area contributed by atoms with E-state index in [4.69, 9.17) is 23.2 Å². The molecule has 3 N–H and O–H groups in total. The molecule has 0 atom stereocenters. The molecule has 1 rings (SSSR count). The van der Waals surface area contributed by atoms with Crippen molar-refractivity contribution >= 4 is 44.2 Å². The third-order valence-corrected chi connectivity index (χ3v) is 3.90. The first-order valence-electron chi connectivity index (χ1n) is 4.51. The Balaban J connectivity index is 0.00000289. The Morgan fingerprint density at radius 3 is 2.28 bits per heavy atom. The quantitative estimate of drug-likeness (QED) is 0.685. The van der Waals surface area contributed by atoms with E-state index in [0.29, 0.717) is 5.71 Å². The zero-order valence-corrected chi connectivity index (χ0v) is 12.1. The van der Waals surface area contributed by atoms with Crippen LogP contribution in [0.25, 0.3) is 0 Å². The fourth-order valence-electron chi connectivity index (χ4n) is 1.11. The molecule has 8 heteroatoms. The highest BCUT2D eigenvalue weighted by Gasteiger charge is 2.18. The minimum absolute atomic E-state index is 0. The third-order valence-electron chi connectivity index (χ3n) is 1.74. The van der Waals surface area contributed by atoms with Crippen molar-refractivity contribution in [3.8, 4) is 0 Å². The summed E-state index contributed by atoms with van der Waals surface area (Å²) in [6.45, 7) is 3.09. The van der Waals surface area contributed by atoms with Crippen molar-refractivity contribution in [1.82, 2.24) is 6.15 Å². The molecule has 0 amide bonds. The highest BCUT2D eigenvalue weighted by atomic mass is 35.5. The molecular formula is C10H12Cl2N2O3S. The van der Waals surface area contributed by atoms with Gasteiger partial charge in [-0.05, 0) is 43.6 Å². The van der Waals surface area contributed by atoms with Crippen LogP contribution in [0.4, 0.5) is 0 Å². The van der Waals surface area contributed by atoms with Gasteiger partial charge in [-0.2, -0.15) is 12.8 Å². The van der Waals surface area contributed by atoms with Crippen LogP contribution < -0.4 is 6.15 Å². The topological polar surface area (TPSA) is 98.6 Å². The van der Waals surface area contributed by atoms with Crippen molar-refractivity contribution in [2.75, 3.05) is 0 Å². The molecule has 0 unspecified atom stereocenters. The first kappa shape index (κ1) is 17.1. The van der Waals surface area contributed by atoms with Gasteiger partial charge in [-0.15, -0.1) is 0 Å². The number of carbonyl (C=O) groups is 1. The van der Waals surface area contributed by atoms with Gasteiger partial charge in [-0.3, -0.25) is 4.79 Å². The Labute approximate surface area is 115 Å². The van der Waals surface area contributed by atoms with Gasteiger partial charge >= 0.3 is 0 Å². The second-order valence-corrected chi connectivity index (χ2v) is 5.76. The lowest BCUT2D eigenvalue weighted by Gasteiger charge is -2.03. The molecule has 1 aromatic rings. The summed E-state index contributed by atoms with van der Waals surface area (Å²) in [4.78, 5) is 10.7. The SMILES string of the molecule is CC(C)=NS(=O)(=O)c1cc(C(=O)Cl)ccc1Cl.N. The van der Waals surface area contributed by atoms with E-state index >= 15 is 0 Å². The van der Waals surface area contributed by atoms with Crippen LogP contribution in [0.5, 0.6) is 0 Å². The van der Waals surface area contributed by atoms with Gasteiger partial charge in [0.2, 0.25) is 0 Å². The van der Waals surface area contributed by atoms with Gasteiger partial charge in [0.1, 0.15) is 4.90 Å². The van der Waals surface area contributed by atoms with Crippen LogP contribution in [0.15, 0.2) is 27.5 Å². The van der Waals surface area contributed by atoms with Gasteiger partial charge in [0.15, 0.2) is 0 Å². The number of rotatable bonds is 3. The lowest BCUT2D eigenvalue weighted by atomic mass is 10.2. The summed E-state index contributed by atoms with van der Waals surface area (Å²) in [7, 11) is -3.90. The van der Waals surface area contributed by atoms with Gasteiger partial charge < -0.3 is 6.15 Å². The Hall–Kier alpha value is -0.950. The first-order valence-corrected chi connectivity index (χ1v) is 6.71. The summed E-state index contributed by atoms with van der Waals surface area (Å²) in [6, 6.07) is 3.75. The molecule has 5 nitrogen and oxygen atoms in total. The molecule has 0 bridgehead atoms. The van der Waals surface area contributed by atoms with Crippen molar-refractivity contribution in [3.05, 3.63) is 28.8 Å². The molecule has 0 aliphatic carbocycles. The van der Waals surface area contributed by atoms with Crippen molar-refractivity contribution < 1.29 is 13.2 Å². The van der Waals surface area contributed by atoms with Crippen LogP contribution >= 0.6 is 23.2 Å². The van der Waals surface area contributed by atoms with Gasteiger partial charge in [0.25, 0.3) is 15.3 Å². The van der Waals surface area contributed by atoms with E-state index in [2.05, 4.69) is 4.40 Å². The van der Waals surface area contributed by atoms with Crippen LogP contribution in [-0.2, 0) is 10.0 Å². The minimum Gasteiger partial charge on any atom is -0.344 e. The summed E-state index contributed by atoms with van der Waals surface area (Å²) in [5.74, 6) is 0. The third kappa shape index (κ3) is 4.06. The van der Waals surface area contributed by atoms with Gasteiger partial charge in [0, 0.05) is 11.3 Å². The lowest BCUT2D eigenvalue weighted by Crippen LogP contribution is -2.02. The van der Waals surface area contributed by atoms with Crippen molar-refractivity contribution in [3.63, 3.8) is 0 Å². The molecule has 0 spiro atoms.